The van der Waals surface area contributed by atoms with Crippen molar-refractivity contribution in [3.63, 3.8) is 0 Å². The molecule has 1 heterocycles. The van der Waals surface area contributed by atoms with Crippen molar-refractivity contribution in [2.45, 2.75) is 65.3 Å². The lowest BCUT2D eigenvalue weighted by Gasteiger charge is -2.55. The SMILES string of the molecule is C=C1C2CC(OC(C)=O)C1(C)C1(C)CCC(C)=CC1O2. The molecule has 0 aromatic carbocycles. The van der Waals surface area contributed by atoms with E-state index in [-0.39, 0.29) is 35.1 Å². The minimum absolute atomic E-state index is 0.0181. The lowest BCUT2D eigenvalue weighted by atomic mass is 9.54. The van der Waals surface area contributed by atoms with E-state index in [0.717, 1.165) is 24.8 Å². The Bertz CT molecular complexity index is 506. The van der Waals surface area contributed by atoms with E-state index in [9.17, 15) is 4.79 Å². The van der Waals surface area contributed by atoms with Gasteiger partial charge in [0.05, 0.1) is 12.2 Å². The average molecular weight is 276 g/mol. The second-order valence-corrected chi connectivity index (χ2v) is 7.04. The summed E-state index contributed by atoms with van der Waals surface area (Å²) in [5, 5.41) is 0. The number of fused-ring (bicyclic) bond motifs is 4. The summed E-state index contributed by atoms with van der Waals surface area (Å²) in [7, 11) is 0. The van der Waals surface area contributed by atoms with Crippen LogP contribution in [0.2, 0.25) is 0 Å². The van der Waals surface area contributed by atoms with Gasteiger partial charge in [-0.15, -0.1) is 0 Å². The predicted octanol–water partition coefficient (Wildman–Crippen LogP) is 3.40. The van der Waals surface area contributed by atoms with Gasteiger partial charge in [0.2, 0.25) is 0 Å². The standard InChI is InChI=1S/C17H24O3/c1-10-6-7-16(4)14(8-10)20-13-9-15(19-12(3)18)17(16,5)11(13)2/h8,13-15H,2,6-7,9H2,1,3-5H3. The molecule has 0 N–H and O–H groups in total. The Hall–Kier alpha value is -1.09. The zero-order valence-electron chi connectivity index (χ0n) is 12.9. The molecule has 5 atom stereocenters. The van der Waals surface area contributed by atoms with Crippen LogP contribution in [0.25, 0.3) is 0 Å². The van der Waals surface area contributed by atoms with E-state index in [4.69, 9.17) is 9.47 Å². The molecule has 0 amide bonds. The molecule has 3 heteroatoms. The van der Waals surface area contributed by atoms with Gasteiger partial charge in [0.15, 0.2) is 0 Å². The van der Waals surface area contributed by atoms with Gasteiger partial charge in [-0.2, -0.15) is 0 Å². The molecule has 3 rings (SSSR count). The van der Waals surface area contributed by atoms with Gasteiger partial charge in [-0.05, 0) is 25.3 Å². The van der Waals surface area contributed by atoms with Gasteiger partial charge >= 0.3 is 5.97 Å². The van der Waals surface area contributed by atoms with Crippen LogP contribution < -0.4 is 0 Å². The van der Waals surface area contributed by atoms with Crippen molar-refractivity contribution in [3.05, 3.63) is 23.8 Å². The summed E-state index contributed by atoms with van der Waals surface area (Å²) in [6.45, 7) is 12.4. The van der Waals surface area contributed by atoms with Gasteiger partial charge in [-0.1, -0.05) is 32.1 Å². The molecular formula is C17H24O3. The lowest BCUT2D eigenvalue weighted by molar-refractivity contribution is -0.161. The summed E-state index contributed by atoms with van der Waals surface area (Å²) in [4.78, 5) is 11.4. The van der Waals surface area contributed by atoms with Crippen LogP contribution in [0.1, 0.15) is 47.0 Å². The van der Waals surface area contributed by atoms with Gasteiger partial charge in [0, 0.05) is 24.2 Å². The maximum absolute atomic E-state index is 11.4. The predicted molar refractivity (Wildman–Crippen MR) is 77.2 cm³/mol. The second kappa shape index (κ2) is 4.20. The molecule has 1 aliphatic heterocycles. The number of carbonyl (C=O) groups excluding carboxylic acids is 1. The topological polar surface area (TPSA) is 35.5 Å². The van der Waals surface area contributed by atoms with Crippen molar-refractivity contribution >= 4 is 5.97 Å². The molecular weight excluding hydrogens is 252 g/mol. The first-order chi connectivity index (χ1) is 9.29. The van der Waals surface area contributed by atoms with Crippen LogP contribution in [0.15, 0.2) is 23.8 Å². The summed E-state index contributed by atoms with van der Waals surface area (Å²) < 4.78 is 11.9. The van der Waals surface area contributed by atoms with Gasteiger partial charge in [0.1, 0.15) is 6.10 Å². The number of carbonyl (C=O) groups is 1. The third-order valence-electron chi connectivity index (χ3n) is 6.04. The number of esters is 1. The van der Waals surface area contributed by atoms with Gasteiger partial charge < -0.3 is 9.47 Å². The maximum atomic E-state index is 11.4. The number of hydrogen-bond acceptors (Lipinski definition) is 3. The Morgan fingerprint density at radius 1 is 1.50 bits per heavy atom. The molecule has 3 aliphatic rings. The first kappa shape index (κ1) is 13.9. The fraction of sp³-hybridized carbons (Fsp3) is 0.706. The zero-order chi connectivity index (χ0) is 14.7. The highest BCUT2D eigenvalue weighted by atomic mass is 16.6. The molecule has 0 radical (unpaired) electrons. The zero-order valence-corrected chi connectivity index (χ0v) is 12.9. The number of hydrogen-bond donors (Lipinski definition) is 0. The van der Waals surface area contributed by atoms with Crippen molar-refractivity contribution in [1.82, 2.24) is 0 Å². The molecule has 110 valence electrons. The van der Waals surface area contributed by atoms with Crippen LogP contribution in [0.4, 0.5) is 0 Å². The minimum Gasteiger partial charge on any atom is -0.461 e. The lowest BCUT2D eigenvalue weighted by Crippen LogP contribution is -2.56. The number of ether oxygens (including phenoxy) is 2. The molecule has 2 fully saturated rings. The maximum Gasteiger partial charge on any atom is 0.302 e. The molecule has 1 saturated carbocycles. The van der Waals surface area contributed by atoms with Crippen LogP contribution in [0, 0.1) is 10.8 Å². The highest BCUT2D eigenvalue weighted by Crippen LogP contribution is 2.64. The van der Waals surface area contributed by atoms with E-state index in [1.165, 1.54) is 12.5 Å². The quantitative estimate of drug-likeness (QED) is 0.544. The van der Waals surface area contributed by atoms with Gasteiger partial charge in [-0.25, -0.2) is 0 Å². The molecule has 1 saturated heterocycles. The molecule has 2 bridgehead atoms. The van der Waals surface area contributed by atoms with Crippen LogP contribution in [-0.2, 0) is 14.3 Å². The fourth-order valence-electron chi connectivity index (χ4n) is 4.40. The highest BCUT2D eigenvalue weighted by molar-refractivity contribution is 5.66. The smallest absolute Gasteiger partial charge is 0.302 e. The van der Waals surface area contributed by atoms with Crippen LogP contribution in [0.5, 0.6) is 0 Å². The Morgan fingerprint density at radius 2 is 2.20 bits per heavy atom. The van der Waals surface area contributed by atoms with Crippen LogP contribution >= 0.6 is 0 Å². The first-order valence-electron chi connectivity index (χ1n) is 7.48. The third-order valence-corrected chi connectivity index (χ3v) is 6.04. The van der Waals surface area contributed by atoms with E-state index < -0.39 is 0 Å². The second-order valence-electron chi connectivity index (χ2n) is 7.04. The normalized spacial score (nSPS) is 46.7. The minimum atomic E-state index is -0.209. The number of allylic oxidation sites excluding steroid dienone is 1. The summed E-state index contributed by atoms with van der Waals surface area (Å²) in [5.41, 5.74) is 2.27. The van der Waals surface area contributed by atoms with Gasteiger partial charge in [0.25, 0.3) is 0 Å². The van der Waals surface area contributed by atoms with Crippen LogP contribution in [0.3, 0.4) is 0 Å². The van der Waals surface area contributed by atoms with Gasteiger partial charge in [-0.3, -0.25) is 4.79 Å². The molecule has 0 aromatic heterocycles. The van der Waals surface area contributed by atoms with Crippen LogP contribution in [-0.4, -0.2) is 24.3 Å². The molecule has 20 heavy (non-hydrogen) atoms. The van der Waals surface area contributed by atoms with Crippen molar-refractivity contribution in [2.24, 2.45) is 10.8 Å². The van der Waals surface area contributed by atoms with Crippen molar-refractivity contribution < 1.29 is 14.3 Å². The van der Waals surface area contributed by atoms with E-state index in [2.05, 4.69) is 33.4 Å². The molecule has 5 unspecified atom stereocenters. The Kier molecular flexibility index (Phi) is 2.91. The van der Waals surface area contributed by atoms with E-state index in [0.29, 0.717) is 0 Å². The molecule has 0 spiro atoms. The molecule has 3 nitrogen and oxygen atoms in total. The Morgan fingerprint density at radius 3 is 2.85 bits per heavy atom. The van der Waals surface area contributed by atoms with Crippen molar-refractivity contribution in [2.75, 3.05) is 0 Å². The van der Waals surface area contributed by atoms with E-state index in [1.54, 1.807) is 0 Å². The Balaban J connectivity index is 2.05. The first-order valence-corrected chi connectivity index (χ1v) is 7.48. The van der Waals surface area contributed by atoms with Crippen molar-refractivity contribution in [3.8, 4) is 0 Å². The number of rotatable bonds is 1. The summed E-state index contributed by atoms with van der Waals surface area (Å²) in [6.07, 6.45) is 5.16. The Labute approximate surface area is 121 Å². The van der Waals surface area contributed by atoms with E-state index in [1.807, 2.05) is 0 Å². The fourth-order valence-corrected chi connectivity index (χ4v) is 4.40. The van der Waals surface area contributed by atoms with Crippen molar-refractivity contribution in [1.29, 1.82) is 0 Å². The monoisotopic (exact) mass is 276 g/mol. The largest absolute Gasteiger partial charge is 0.461 e. The van der Waals surface area contributed by atoms with E-state index >= 15 is 0 Å². The summed E-state index contributed by atoms with van der Waals surface area (Å²) >= 11 is 0. The molecule has 2 aliphatic carbocycles. The highest BCUT2D eigenvalue weighted by Gasteiger charge is 2.65. The molecule has 0 aromatic rings. The summed E-state index contributed by atoms with van der Waals surface area (Å²) in [5.74, 6) is -0.209. The summed E-state index contributed by atoms with van der Waals surface area (Å²) in [6, 6.07) is 0. The average Bonchev–Trinajstić information content (AvgIpc) is 2.53. The third kappa shape index (κ3) is 1.59.